The maximum atomic E-state index is 11.8. The number of rotatable bonds is 4. The normalized spacial score (nSPS) is 24.5. The van der Waals surface area contributed by atoms with Crippen molar-refractivity contribution in [3.8, 4) is 0 Å². The van der Waals surface area contributed by atoms with Crippen LogP contribution in [0, 0.1) is 5.92 Å². The fourth-order valence-electron chi connectivity index (χ4n) is 2.15. The lowest BCUT2D eigenvalue weighted by Gasteiger charge is -2.30. The zero-order chi connectivity index (χ0) is 12.1. The van der Waals surface area contributed by atoms with E-state index in [2.05, 4.69) is 29.0 Å². The predicted molar refractivity (Wildman–Crippen MR) is 71.2 cm³/mol. The molecule has 0 spiro atoms. The van der Waals surface area contributed by atoms with Gasteiger partial charge in [0.15, 0.2) is 0 Å². The minimum Gasteiger partial charge on any atom is -0.352 e. The van der Waals surface area contributed by atoms with Gasteiger partial charge in [0.25, 0.3) is 0 Å². The van der Waals surface area contributed by atoms with Gasteiger partial charge in [0.05, 0.1) is 0 Å². The van der Waals surface area contributed by atoms with Crippen LogP contribution in [0.1, 0.15) is 24.6 Å². The summed E-state index contributed by atoms with van der Waals surface area (Å²) in [7, 11) is 0. The molecule has 1 aliphatic rings. The molecule has 1 fully saturated rings. The molecule has 1 saturated heterocycles. The highest BCUT2D eigenvalue weighted by atomic mass is 32.1. The zero-order valence-electron chi connectivity index (χ0n) is 10.2. The van der Waals surface area contributed by atoms with Crippen molar-refractivity contribution in [3.63, 3.8) is 0 Å². The second kappa shape index (κ2) is 6.17. The molecule has 3 nitrogen and oxygen atoms in total. The van der Waals surface area contributed by atoms with Crippen LogP contribution in [0.25, 0.3) is 0 Å². The van der Waals surface area contributed by atoms with Gasteiger partial charge < -0.3 is 10.6 Å². The van der Waals surface area contributed by atoms with Gasteiger partial charge in [-0.05, 0) is 36.8 Å². The zero-order valence-corrected chi connectivity index (χ0v) is 11.1. The van der Waals surface area contributed by atoms with E-state index in [1.807, 2.05) is 6.07 Å². The summed E-state index contributed by atoms with van der Waals surface area (Å²) in [5, 5.41) is 8.52. The molecule has 2 heterocycles. The van der Waals surface area contributed by atoms with Crippen LogP contribution in [0.2, 0.25) is 0 Å². The van der Waals surface area contributed by atoms with Crippen LogP contribution in [0.15, 0.2) is 17.5 Å². The Hall–Kier alpha value is -0.870. The van der Waals surface area contributed by atoms with Crippen molar-refractivity contribution in [1.29, 1.82) is 0 Å². The second-order valence-corrected chi connectivity index (χ2v) is 5.76. The van der Waals surface area contributed by atoms with Crippen LogP contribution >= 0.6 is 11.3 Å². The highest BCUT2D eigenvalue weighted by Gasteiger charge is 2.22. The van der Waals surface area contributed by atoms with E-state index in [1.54, 1.807) is 11.3 Å². The standard InChI is InChI=1S/C13H20N2OS/c1-10-6-7-14-9-12(10)15-13(16)5-4-11-3-2-8-17-11/h2-3,8,10,12,14H,4-7,9H2,1H3,(H,15,16). The number of carbonyl (C=O) groups is 1. The number of carbonyl (C=O) groups excluding carboxylic acids is 1. The number of thiophene rings is 1. The molecule has 0 aliphatic carbocycles. The van der Waals surface area contributed by atoms with Gasteiger partial charge in [0, 0.05) is 23.9 Å². The molecule has 0 saturated carbocycles. The SMILES string of the molecule is CC1CCNCC1NC(=O)CCc1cccs1. The Balaban J connectivity index is 1.73. The summed E-state index contributed by atoms with van der Waals surface area (Å²) in [5.41, 5.74) is 0. The van der Waals surface area contributed by atoms with Crippen molar-refractivity contribution < 1.29 is 4.79 Å². The second-order valence-electron chi connectivity index (χ2n) is 4.72. The van der Waals surface area contributed by atoms with Crippen molar-refractivity contribution in [3.05, 3.63) is 22.4 Å². The van der Waals surface area contributed by atoms with Crippen LogP contribution < -0.4 is 10.6 Å². The van der Waals surface area contributed by atoms with Crippen molar-refractivity contribution in [1.82, 2.24) is 10.6 Å². The van der Waals surface area contributed by atoms with Gasteiger partial charge in [0.1, 0.15) is 0 Å². The lowest BCUT2D eigenvalue weighted by molar-refractivity contribution is -0.122. The highest BCUT2D eigenvalue weighted by molar-refractivity contribution is 7.09. The Labute approximate surface area is 107 Å². The largest absolute Gasteiger partial charge is 0.352 e. The van der Waals surface area contributed by atoms with E-state index in [-0.39, 0.29) is 5.91 Å². The minimum absolute atomic E-state index is 0.180. The molecular weight excluding hydrogens is 232 g/mol. The maximum absolute atomic E-state index is 11.8. The topological polar surface area (TPSA) is 41.1 Å². The number of amides is 1. The highest BCUT2D eigenvalue weighted by Crippen LogP contribution is 2.13. The van der Waals surface area contributed by atoms with E-state index in [9.17, 15) is 4.79 Å². The van der Waals surface area contributed by atoms with Gasteiger partial charge >= 0.3 is 0 Å². The monoisotopic (exact) mass is 252 g/mol. The van der Waals surface area contributed by atoms with Gasteiger partial charge in [-0.1, -0.05) is 13.0 Å². The first-order valence-electron chi connectivity index (χ1n) is 6.28. The van der Waals surface area contributed by atoms with Crippen LogP contribution in [0.3, 0.4) is 0 Å². The van der Waals surface area contributed by atoms with Gasteiger partial charge in [0.2, 0.25) is 5.91 Å². The molecule has 17 heavy (non-hydrogen) atoms. The van der Waals surface area contributed by atoms with Crippen LogP contribution in [-0.2, 0) is 11.2 Å². The molecule has 2 rings (SSSR count). The molecule has 94 valence electrons. The van der Waals surface area contributed by atoms with Gasteiger partial charge in [-0.15, -0.1) is 11.3 Å². The Morgan fingerprint density at radius 2 is 2.53 bits per heavy atom. The summed E-state index contributed by atoms with van der Waals surface area (Å²) < 4.78 is 0. The molecule has 1 amide bonds. The number of hydrogen-bond acceptors (Lipinski definition) is 3. The number of piperidine rings is 1. The Morgan fingerprint density at radius 3 is 3.24 bits per heavy atom. The van der Waals surface area contributed by atoms with Crippen molar-refractivity contribution >= 4 is 17.2 Å². The average Bonchev–Trinajstić information content (AvgIpc) is 2.82. The van der Waals surface area contributed by atoms with E-state index in [0.29, 0.717) is 18.4 Å². The smallest absolute Gasteiger partial charge is 0.220 e. The Bertz CT molecular complexity index is 350. The molecule has 1 aliphatic heterocycles. The predicted octanol–water partition coefficient (Wildman–Crippen LogP) is 1.79. The molecule has 0 radical (unpaired) electrons. The number of aryl methyl sites for hydroxylation is 1. The Morgan fingerprint density at radius 1 is 1.65 bits per heavy atom. The van der Waals surface area contributed by atoms with Gasteiger partial charge in [-0.2, -0.15) is 0 Å². The summed E-state index contributed by atoms with van der Waals surface area (Å²) >= 11 is 1.72. The third-order valence-corrected chi connectivity index (χ3v) is 4.29. The van der Waals surface area contributed by atoms with Crippen LogP contribution in [0.4, 0.5) is 0 Å². The summed E-state index contributed by atoms with van der Waals surface area (Å²) in [6.07, 6.45) is 2.61. The van der Waals surface area contributed by atoms with Gasteiger partial charge in [-0.25, -0.2) is 0 Å². The van der Waals surface area contributed by atoms with E-state index < -0.39 is 0 Å². The first-order chi connectivity index (χ1) is 8.25. The lowest BCUT2D eigenvalue weighted by Crippen LogP contribution is -2.50. The van der Waals surface area contributed by atoms with E-state index >= 15 is 0 Å². The molecule has 4 heteroatoms. The van der Waals surface area contributed by atoms with E-state index in [1.165, 1.54) is 4.88 Å². The van der Waals surface area contributed by atoms with Crippen molar-refractivity contribution in [2.75, 3.05) is 13.1 Å². The molecule has 1 aromatic heterocycles. The van der Waals surface area contributed by atoms with E-state index in [4.69, 9.17) is 0 Å². The number of hydrogen-bond donors (Lipinski definition) is 2. The fourth-order valence-corrected chi connectivity index (χ4v) is 2.86. The van der Waals surface area contributed by atoms with Gasteiger partial charge in [-0.3, -0.25) is 4.79 Å². The minimum atomic E-state index is 0.180. The van der Waals surface area contributed by atoms with E-state index in [0.717, 1.165) is 25.9 Å². The lowest BCUT2D eigenvalue weighted by atomic mass is 9.94. The molecule has 1 aromatic rings. The average molecular weight is 252 g/mol. The number of nitrogens with one attached hydrogen (secondary N) is 2. The van der Waals surface area contributed by atoms with Crippen molar-refractivity contribution in [2.24, 2.45) is 5.92 Å². The van der Waals surface area contributed by atoms with Crippen molar-refractivity contribution in [2.45, 2.75) is 32.2 Å². The molecule has 2 unspecified atom stereocenters. The first kappa shape index (κ1) is 12.6. The third-order valence-electron chi connectivity index (χ3n) is 3.35. The molecule has 0 bridgehead atoms. The molecule has 2 atom stereocenters. The first-order valence-corrected chi connectivity index (χ1v) is 7.16. The summed E-state index contributed by atoms with van der Waals surface area (Å²) in [4.78, 5) is 13.1. The summed E-state index contributed by atoms with van der Waals surface area (Å²) in [6, 6.07) is 4.42. The summed E-state index contributed by atoms with van der Waals surface area (Å²) in [6.45, 7) is 4.19. The molecule has 2 N–H and O–H groups in total. The fraction of sp³-hybridized carbons (Fsp3) is 0.615. The quantitative estimate of drug-likeness (QED) is 0.858. The third kappa shape index (κ3) is 3.82. The molecular formula is C13H20N2OS. The Kier molecular flexibility index (Phi) is 4.57. The van der Waals surface area contributed by atoms with Crippen LogP contribution in [0.5, 0.6) is 0 Å². The summed E-state index contributed by atoms with van der Waals surface area (Å²) in [5.74, 6) is 0.765. The molecule has 0 aromatic carbocycles. The maximum Gasteiger partial charge on any atom is 0.220 e. The van der Waals surface area contributed by atoms with Crippen LogP contribution in [-0.4, -0.2) is 25.0 Å².